The molecule has 3 aromatic rings. The number of carbonyl (C=O) groups excluding carboxylic acids is 1. The van der Waals surface area contributed by atoms with E-state index in [4.69, 9.17) is 10.6 Å². The number of carboxylic acids is 2. The van der Waals surface area contributed by atoms with Crippen molar-refractivity contribution in [2.75, 3.05) is 18.1 Å². The van der Waals surface area contributed by atoms with Crippen molar-refractivity contribution in [1.82, 2.24) is 25.0 Å². The molecule has 0 aromatic carbocycles. The number of carboxylic acid groups (broad SMARTS) is 2. The van der Waals surface area contributed by atoms with Crippen LogP contribution in [0.2, 0.25) is 0 Å². The van der Waals surface area contributed by atoms with Crippen molar-refractivity contribution in [3.63, 3.8) is 0 Å². The second-order valence-corrected chi connectivity index (χ2v) is 12.0. The lowest BCUT2D eigenvalue weighted by Crippen LogP contribution is -2.55. The summed E-state index contributed by atoms with van der Waals surface area (Å²) < 4.78 is 6.47. The standard InChI is InChI=1S/C22H22N8O6S4/c1-3-36-28-14(16-27-21(23)40-29-16)17(31)25-15(20(34)35)18-26-13(19(32)33)12(9-37-18)39-22-24-11(8-38-22)10-4-6-30(2)7-5-10/h4-8,15,18,26H,3,9H2,1-2H3,(H4-,23,25,27,29,31,32,33,34,35)/p+1. The number of nitrogens with one attached hydrogen (secondary N) is 2. The Hall–Kier alpha value is -3.74. The maximum absolute atomic E-state index is 13.0. The molecule has 2 unspecified atom stereocenters. The van der Waals surface area contributed by atoms with Gasteiger partial charge < -0.3 is 31.4 Å². The number of hydrogen-bond acceptors (Lipinski definition) is 14. The van der Waals surface area contributed by atoms with Crippen molar-refractivity contribution in [3.8, 4) is 11.3 Å². The average Bonchev–Trinajstić information content (AvgIpc) is 3.57. The minimum absolute atomic E-state index is 0.0813. The van der Waals surface area contributed by atoms with Crippen LogP contribution in [0.4, 0.5) is 5.13 Å². The Kier molecular flexibility index (Phi) is 9.56. The van der Waals surface area contributed by atoms with Crippen molar-refractivity contribution in [1.29, 1.82) is 0 Å². The molecule has 14 nitrogen and oxygen atoms in total. The minimum Gasteiger partial charge on any atom is -0.480 e. The third-order valence-corrected chi connectivity index (χ3v) is 9.11. The van der Waals surface area contributed by atoms with Gasteiger partial charge in [-0.05, 0) is 6.92 Å². The molecule has 0 bridgehead atoms. The molecule has 3 aromatic heterocycles. The van der Waals surface area contributed by atoms with E-state index in [0.29, 0.717) is 9.24 Å². The summed E-state index contributed by atoms with van der Waals surface area (Å²) in [5, 5.41) is 29.6. The summed E-state index contributed by atoms with van der Waals surface area (Å²) in [6, 6.07) is 2.32. The molecule has 1 aliphatic rings. The first-order valence-corrected chi connectivity index (χ1v) is 14.9. The highest BCUT2D eigenvalue weighted by molar-refractivity contribution is 8.07. The lowest BCUT2D eigenvalue weighted by Gasteiger charge is -2.31. The first-order chi connectivity index (χ1) is 19.2. The molecule has 4 heterocycles. The molecule has 0 radical (unpaired) electrons. The fourth-order valence-electron chi connectivity index (χ4n) is 3.28. The summed E-state index contributed by atoms with van der Waals surface area (Å²) in [6.07, 6.45) is 3.81. The van der Waals surface area contributed by atoms with Crippen LogP contribution in [0.15, 0.2) is 50.0 Å². The minimum atomic E-state index is -1.54. The number of aromatic nitrogens is 4. The lowest BCUT2D eigenvalue weighted by molar-refractivity contribution is -0.671. The summed E-state index contributed by atoms with van der Waals surface area (Å²) in [5.41, 5.74) is 6.75. The van der Waals surface area contributed by atoms with Crippen molar-refractivity contribution < 1.29 is 34.0 Å². The summed E-state index contributed by atoms with van der Waals surface area (Å²) in [5.74, 6) is -3.53. The fourth-order valence-corrected chi connectivity index (χ4v) is 7.00. The number of nitrogens with zero attached hydrogens (tertiary/aromatic N) is 5. The molecule has 2 atom stereocenters. The predicted octanol–water partition coefficient (Wildman–Crippen LogP) is 1.13. The number of hydrogen-bond donors (Lipinski definition) is 5. The molecule has 4 rings (SSSR count). The highest BCUT2D eigenvalue weighted by atomic mass is 32.2. The van der Waals surface area contributed by atoms with Gasteiger partial charge in [-0.25, -0.2) is 19.1 Å². The van der Waals surface area contributed by atoms with Crippen molar-refractivity contribution in [2.24, 2.45) is 12.2 Å². The van der Waals surface area contributed by atoms with Crippen LogP contribution < -0.4 is 20.9 Å². The number of nitrogen functional groups attached to an aromatic ring is 1. The molecule has 1 amide bonds. The fraction of sp³-hybridized carbons (Fsp3) is 0.273. The molecule has 0 spiro atoms. The predicted molar refractivity (Wildman–Crippen MR) is 151 cm³/mol. The van der Waals surface area contributed by atoms with Crippen molar-refractivity contribution in [2.45, 2.75) is 22.7 Å². The second-order valence-electron chi connectivity index (χ2n) is 7.94. The van der Waals surface area contributed by atoms with E-state index in [9.17, 15) is 24.6 Å². The monoisotopic (exact) mass is 623 g/mol. The van der Waals surface area contributed by atoms with Gasteiger partial charge in [-0.3, -0.25) is 4.79 Å². The topological polar surface area (TPSA) is 206 Å². The number of thiazole rings is 1. The van der Waals surface area contributed by atoms with Crippen molar-refractivity contribution in [3.05, 3.63) is 46.3 Å². The summed E-state index contributed by atoms with van der Waals surface area (Å²) >= 11 is 4.52. The number of aryl methyl sites for hydroxylation is 1. The summed E-state index contributed by atoms with van der Waals surface area (Å²) in [7, 11) is 1.91. The van der Waals surface area contributed by atoms with Gasteiger partial charge in [0.05, 0.1) is 5.69 Å². The zero-order valence-corrected chi connectivity index (χ0v) is 24.2. The average molecular weight is 624 g/mol. The van der Waals surface area contributed by atoms with Gasteiger partial charge in [0, 0.05) is 45.3 Å². The molecule has 1 aliphatic heterocycles. The van der Waals surface area contributed by atoms with Gasteiger partial charge in [0.1, 0.15) is 24.7 Å². The maximum Gasteiger partial charge on any atom is 0.352 e. The zero-order valence-electron chi connectivity index (χ0n) is 20.9. The normalized spacial score (nSPS) is 16.2. The van der Waals surface area contributed by atoms with Crippen LogP contribution in [-0.2, 0) is 26.3 Å². The molecule has 6 N–H and O–H groups in total. The smallest absolute Gasteiger partial charge is 0.352 e. The van der Waals surface area contributed by atoms with Gasteiger partial charge in [-0.2, -0.15) is 9.36 Å². The van der Waals surface area contributed by atoms with E-state index in [0.717, 1.165) is 34.6 Å². The number of anilines is 1. The van der Waals surface area contributed by atoms with Gasteiger partial charge in [-0.1, -0.05) is 16.9 Å². The number of thioether (sulfide) groups is 2. The van der Waals surface area contributed by atoms with Crippen LogP contribution >= 0.6 is 46.4 Å². The van der Waals surface area contributed by atoms with Gasteiger partial charge in [0.2, 0.25) is 11.5 Å². The van der Waals surface area contributed by atoms with Crippen LogP contribution in [0, 0.1) is 0 Å². The number of carbonyl (C=O) groups is 3. The van der Waals surface area contributed by atoms with Crippen LogP contribution in [0.1, 0.15) is 12.7 Å². The first-order valence-electron chi connectivity index (χ1n) is 11.4. The lowest BCUT2D eigenvalue weighted by atomic mass is 10.2. The molecular formula is C22H23N8O6S4+. The molecular weight excluding hydrogens is 601 g/mol. The first kappa shape index (κ1) is 29.2. The highest BCUT2D eigenvalue weighted by Crippen LogP contribution is 2.38. The molecule has 0 saturated carbocycles. The number of aliphatic carboxylic acids is 2. The van der Waals surface area contributed by atoms with E-state index in [1.165, 1.54) is 23.1 Å². The van der Waals surface area contributed by atoms with Crippen LogP contribution in [0.3, 0.4) is 0 Å². The Labute approximate surface area is 243 Å². The Morgan fingerprint density at radius 2 is 2.08 bits per heavy atom. The summed E-state index contributed by atoms with van der Waals surface area (Å²) in [4.78, 5) is 51.2. The Morgan fingerprint density at radius 1 is 1.32 bits per heavy atom. The van der Waals surface area contributed by atoms with Crippen LogP contribution in [0.5, 0.6) is 0 Å². The Morgan fingerprint density at radius 3 is 2.70 bits per heavy atom. The molecule has 0 aliphatic carbocycles. The van der Waals surface area contributed by atoms with E-state index in [1.807, 2.05) is 41.5 Å². The number of amides is 1. The van der Waals surface area contributed by atoms with E-state index in [1.54, 1.807) is 6.92 Å². The molecule has 210 valence electrons. The molecule has 0 saturated heterocycles. The van der Waals surface area contributed by atoms with Crippen LogP contribution in [0.25, 0.3) is 11.3 Å². The molecule has 40 heavy (non-hydrogen) atoms. The summed E-state index contributed by atoms with van der Waals surface area (Å²) in [6.45, 7) is 1.78. The van der Waals surface area contributed by atoms with E-state index >= 15 is 0 Å². The highest BCUT2D eigenvalue weighted by Gasteiger charge is 2.37. The third kappa shape index (κ3) is 7.06. The van der Waals surface area contributed by atoms with E-state index < -0.39 is 29.3 Å². The van der Waals surface area contributed by atoms with E-state index in [2.05, 4.69) is 30.1 Å². The number of pyridine rings is 1. The Balaban J connectivity index is 1.51. The SMILES string of the molecule is CCON=C(C(=O)NC(C(=O)O)C1NC(C(=O)O)=C(Sc2nc(-c3cc[n+](C)cc3)cs2)CS1)c1nsc(N)n1. The maximum atomic E-state index is 13.0. The van der Waals surface area contributed by atoms with E-state index in [-0.39, 0.29) is 34.7 Å². The molecule has 18 heteroatoms. The molecule has 0 fully saturated rings. The van der Waals surface area contributed by atoms with Gasteiger partial charge >= 0.3 is 11.9 Å². The third-order valence-electron chi connectivity index (χ3n) is 5.15. The Bertz CT molecular complexity index is 1470. The van der Waals surface area contributed by atoms with Gasteiger partial charge in [0.25, 0.3) is 5.91 Å². The van der Waals surface area contributed by atoms with Gasteiger partial charge in [0.15, 0.2) is 27.9 Å². The van der Waals surface area contributed by atoms with Crippen LogP contribution in [-0.4, -0.2) is 71.9 Å². The van der Waals surface area contributed by atoms with Gasteiger partial charge in [-0.15, -0.1) is 23.1 Å². The number of oxime groups is 1. The quantitative estimate of drug-likeness (QED) is 0.116. The number of nitrogens with two attached hydrogens (primary N) is 1. The second kappa shape index (κ2) is 13.1. The largest absolute Gasteiger partial charge is 0.480 e. The van der Waals surface area contributed by atoms with Crippen molar-refractivity contribution >= 4 is 75.1 Å². The number of rotatable bonds is 11. The zero-order chi connectivity index (χ0) is 28.8.